The fraction of sp³-hybridized carbons (Fsp3) is 0.417. The Morgan fingerprint density at radius 3 is 2.85 bits per heavy atom. The molecule has 1 aliphatic rings. The first-order valence-corrected chi connectivity index (χ1v) is 6.21. The number of nitrogens with one attached hydrogen (secondary N) is 1. The van der Waals surface area contributed by atoms with E-state index in [1.165, 1.54) is 18.2 Å². The van der Waals surface area contributed by atoms with Crippen LogP contribution in [-0.4, -0.2) is 31.3 Å². The van der Waals surface area contributed by atoms with Crippen molar-refractivity contribution in [1.29, 1.82) is 0 Å². The molecule has 0 aliphatic carbocycles. The Kier molecular flexibility index (Phi) is 4.42. The van der Waals surface area contributed by atoms with Gasteiger partial charge in [-0.15, -0.1) is 0 Å². The number of alkyl halides is 2. The number of hydrogen-bond acceptors (Lipinski definition) is 4. The lowest BCUT2D eigenvalue weighted by atomic mass is 9.99. The molecule has 8 heteroatoms. The van der Waals surface area contributed by atoms with Crippen molar-refractivity contribution in [2.24, 2.45) is 5.73 Å². The molecule has 1 fully saturated rings. The Labute approximate surface area is 119 Å². The van der Waals surface area contributed by atoms with Gasteiger partial charge in [0.05, 0.1) is 11.6 Å². The molecule has 0 aromatic heterocycles. The van der Waals surface area contributed by atoms with Gasteiger partial charge in [0.15, 0.2) is 0 Å². The van der Waals surface area contributed by atoms with Crippen molar-refractivity contribution in [3.8, 4) is 5.75 Å². The Balaban J connectivity index is 2.06. The minimum atomic E-state index is -2.96. The third-order valence-corrected chi connectivity index (χ3v) is 3.21. The minimum Gasteiger partial charge on any atom is -0.433 e. The highest BCUT2D eigenvalue weighted by atomic mass is 35.5. The normalized spacial score (nSPS) is 22.1. The van der Waals surface area contributed by atoms with E-state index in [9.17, 15) is 13.6 Å². The molecule has 1 atom stereocenters. The van der Waals surface area contributed by atoms with E-state index in [-0.39, 0.29) is 17.4 Å². The molecule has 110 valence electrons. The second kappa shape index (κ2) is 5.90. The first-order valence-electron chi connectivity index (χ1n) is 5.83. The second-order valence-electron chi connectivity index (χ2n) is 4.44. The number of rotatable bonds is 4. The molecular weight excluding hydrogens is 294 g/mol. The number of hydrogen-bond donors (Lipinski definition) is 2. The van der Waals surface area contributed by atoms with Crippen molar-refractivity contribution in [2.75, 3.05) is 18.5 Å². The maximum Gasteiger partial charge on any atom is 0.387 e. The van der Waals surface area contributed by atoms with Crippen LogP contribution in [0.5, 0.6) is 5.75 Å². The van der Waals surface area contributed by atoms with Gasteiger partial charge in [-0.05, 0) is 24.6 Å². The van der Waals surface area contributed by atoms with Crippen LogP contribution in [0.3, 0.4) is 0 Å². The van der Waals surface area contributed by atoms with Crippen molar-refractivity contribution in [3.63, 3.8) is 0 Å². The average molecular weight is 307 g/mol. The summed E-state index contributed by atoms with van der Waals surface area (Å²) in [6, 6.07) is 3.97. The third-order valence-electron chi connectivity index (χ3n) is 2.91. The van der Waals surface area contributed by atoms with E-state index < -0.39 is 18.1 Å². The van der Waals surface area contributed by atoms with Crippen LogP contribution in [0.15, 0.2) is 18.2 Å². The molecule has 1 saturated heterocycles. The maximum atomic E-state index is 12.1. The van der Waals surface area contributed by atoms with Crippen molar-refractivity contribution in [3.05, 3.63) is 23.2 Å². The van der Waals surface area contributed by atoms with Gasteiger partial charge in [-0.25, -0.2) is 0 Å². The predicted octanol–water partition coefficient (Wildman–Crippen LogP) is 2.00. The van der Waals surface area contributed by atoms with Gasteiger partial charge in [-0.1, -0.05) is 11.6 Å². The molecule has 1 aromatic carbocycles. The third kappa shape index (κ3) is 3.36. The van der Waals surface area contributed by atoms with Crippen LogP contribution < -0.4 is 15.8 Å². The number of carbonyl (C=O) groups excluding carboxylic acids is 1. The van der Waals surface area contributed by atoms with Gasteiger partial charge in [-0.2, -0.15) is 8.78 Å². The molecule has 3 N–H and O–H groups in total. The smallest absolute Gasteiger partial charge is 0.387 e. The highest BCUT2D eigenvalue weighted by Gasteiger charge is 2.38. The van der Waals surface area contributed by atoms with E-state index in [0.717, 1.165) is 0 Å². The second-order valence-corrected chi connectivity index (χ2v) is 4.84. The van der Waals surface area contributed by atoms with Crippen LogP contribution in [-0.2, 0) is 9.53 Å². The molecule has 2 rings (SSSR count). The molecule has 1 amide bonds. The van der Waals surface area contributed by atoms with E-state index >= 15 is 0 Å². The first kappa shape index (κ1) is 15.0. The highest BCUT2D eigenvalue weighted by Crippen LogP contribution is 2.29. The lowest BCUT2D eigenvalue weighted by Gasteiger charge is -2.20. The van der Waals surface area contributed by atoms with Crippen LogP contribution in [0.25, 0.3) is 0 Å². The fourth-order valence-electron chi connectivity index (χ4n) is 1.79. The first-order chi connectivity index (χ1) is 9.40. The fourth-order valence-corrected chi connectivity index (χ4v) is 2.01. The summed E-state index contributed by atoms with van der Waals surface area (Å²) >= 11 is 5.79. The van der Waals surface area contributed by atoms with E-state index in [1.54, 1.807) is 0 Å². The Morgan fingerprint density at radius 2 is 2.30 bits per heavy atom. The number of benzene rings is 1. The number of ether oxygens (including phenoxy) is 2. The molecule has 1 aromatic rings. The summed E-state index contributed by atoms with van der Waals surface area (Å²) in [5.41, 5.74) is 5.16. The monoisotopic (exact) mass is 306 g/mol. The molecule has 0 saturated carbocycles. The minimum absolute atomic E-state index is 0.0307. The maximum absolute atomic E-state index is 12.1. The quantitative estimate of drug-likeness (QED) is 0.892. The summed E-state index contributed by atoms with van der Waals surface area (Å²) in [4.78, 5) is 12.0. The molecule has 5 nitrogen and oxygen atoms in total. The average Bonchev–Trinajstić information content (AvgIpc) is 2.81. The zero-order valence-electron chi connectivity index (χ0n) is 10.4. The standard InChI is InChI=1S/C12H13ClF2N2O3/c13-8-5-7(1-2-9(8)20-11(14)15)17-10(18)12(16)3-4-19-6-12/h1-2,5,11H,3-4,6,16H2,(H,17,18). The molecule has 0 bridgehead atoms. The number of carbonyl (C=O) groups is 1. The summed E-state index contributed by atoms with van der Waals surface area (Å²) in [5.74, 6) is -0.570. The topological polar surface area (TPSA) is 73.6 Å². The summed E-state index contributed by atoms with van der Waals surface area (Å²) < 4.78 is 33.5. The van der Waals surface area contributed by atoms with Gasteiger partial charge in [0.1, 0.15) is 11.3 Å². The number of amides is 1. The van der Waals surface area contributed by atoms with E-state index in [4.69, 9.17) is 22.1 Å². The van der Waals surface area contributed by atoms with E-state index in [1.807, 2.05) is 0 Å². The van der Waals surface area contributed by atoms with Crippen LogP contribution >= 0.6 is 11.6 Å². The molecule has 0 spiro atoms. The zero-order chi connectivity index (χ0) is 14.8. The lowest BCUT2D eigenvalue weighted by molar-refractivity contribution is -0.121. The molecule has 1 heterocycles. The molecule has 20 heavy (non-hydrogen) atoms. The van der Waals surface area contributed by atoms with Gasteiger partial charge in [0, 0.05) is 12.3 Å². The SMILES string of the molecule is NC1(C(=O)Nc2ccc(OC(F)F)c(Cl)c2)CCOC1. The zero-order valence-corrected chi connectivity index (χ0v) is 11.1. The molecule has 1 aliphatic heterocycles. The largest absolute Gasteiger partial charge is 0.433 e. The molecule has 0 radical (unpaired) electrons. The van der Waals surface area contributed by atoms with Gasteiger partial charge < -0.3 is 20.5 Å². The van der Waals surface area contributed by atoms with Crippen LogP contribution in [0, 0.1) is 0 Å². The molecular formula is C12H13ClF2N2O3. The lowest BCUT2D eigenvalue weighted by Crippen LogP contribution is -2.51. The van der Waals surface area contributed by atoms with Crippen molar-refractivity contribution >= 4 is 23.2 Å². The summed E-state index contributed by atoms with van der Waals surface area (Å²) in [6.07, 6.45) is 0.416. The van der Waals surface area contributed by atoms with Crippen molar-refractivity contribution < 1.29 is 23.0 Å². The van der Waals surface area contributed by atoms with Gasteiger partial charge in [-0.3, -0.25) is 4.79 Å². The van der Waals surface area contributed by atoms with Crippen LogP contribution in [0.4, 0.5) is 14.5 Å². The van der Waals surface area contributed by atoms with Gasteiger partial charge in [0.25, 0.3) is 0 Å². The number of halogens is 3. The number of nitrogens with two attached hydrogens (primary N) is 1. The molecule has 1 unspecified atom stereocenters. The summed E-state index contributed by atoms with van der Waals surface area (Å²) in [6.45, 7) is -2.40. The van der Waals surface area contributed by atoms with Gasteiger partial charge in [0.2, 0.25) is 5.91 Å². The Bertz CT molecular complexity index is 507. The van der Waals surface area contributed by atoms with E-state index in [2.05, 4.69) is 10.1 Å². The Hall–Kier alpha value is -1.44. The summed E-state index contributed by atoms with van der Waals surface area (Å²) in [7, 11) is 0. The van der Waals surface area contributed by atoms with E-state index in [0.29, 0.717) is 18.7 Å². The summed E-state index contributed by atoms with van der Waals surface area (Å²) in [5, 5.41) is 2.54. The van der Waals surface area contributed by atoms with Crippen molar-refractivity contribution in [2.45, 2.75) is 18.6 Å². The van der Waals surface area contributed by atoms with Crippen LogP contribution in [0.2, 0.25) is 5.02 Å². The number of anilines is 1. The van der Waals surface area contributed by atoms with Crippen LogP contribution in [0.1, 0.15) is 6.42 Å². The predicted molar refractivity (Wildman–Crippen MR) is 69.1 cm³/mol. The highest BCUT2D eigenvalue weighted by molar-refractivity contribution is 6.32. The van der Waals surface area contributed by atoms with Gasteiger partial charge >= 0.3 is 6.61 Å². The Morgan fingerprint density at radius 1 is 1.55 bits per heavy atom. The van der Waals surface area contributed by atoms with Crippen molar-refractivity contribution in [1.82, 2.24) is 0 Å².